The molecule has 1 saturated heterocycles. The summed E-state index contributed by atoms with van der Waals surface area (Å²) in [5.74, 6) is -0.0444. The third-order valence-electron chi connectivity index (χ3n) is 3.84. The molecule has 1 unspecified atom stereocenters. The standard InChI is InChI=1S/C15H24N4O/c1-3-17-14-7-8-16-11-13(14)15(20)18-10-12-6-5-9-19(12)4-2/h7-8,11-12H,3-6,9-10H2,1-2H3,(H,16,17)(H,18,20). The van der Waals surface area contributed by atoms with E-state index >= 15 is 0 Å². The summed E-state index contributed by atoms with van der Waals surface area (Å²) in [5, 5.41) is 6.24. The van der Waals surface area contributed by atoms with Crippen molar-refractivity contribution in [1.29, 1.82) is 0 Å². The van der Waals surface area contributed by atoms with Gasteiger partial charge in [0.05, 0.1) is 11.3 Å². The van der Waals surface area contributed by atoms with Crippen LogP contribution in [0.4, 0.5) is 5.69 Å². The first kappa shape index (κ1) is 14.8. The highest BCUT2D eigenvalue weighted by Crippen LogP contribution is 2.17. The summed E-state index contributed by atoms with van der Waals surface area (Å²) in [6, 6.07) is 2.31. The highest BCUT2D eigenvalue weighted by atomic mass is 16.1. The van der Waals surface area contributed by atoms with Crippen LogP contribution in [-0.2, 0) is 0 Å². The van der Waals surface area contributed by atoms with Crippen LogP contribution in [0.1, 0.15) is 37.0 Å². The van der Waals surface area contributed by atoms with E-state index in [2.05, 4.69) is 27.4 Å². The Kier molecular flexibility index (Phi) is 5.35. The molecule has 110 valence electrons. The summed E-state index contributed by atoms with van der Waals surface area (Å²) in [6.07, 6.45) is 5.72. The monoisotopic (exact) mass is 276 g/mol. The smallest absolute Gasteiger partial charge is 0.255 e. The molecule has 1 amide bonds. The van der Waals surface area contributed by atoms with E-state index in [1.54, 1.807) is 12.4 Å². The maximum atomic E-state index is 12.3. The number of rotatable bonds is 6. The lowest BCUT2D eigenvalue weighted by molar-refractivity contribution is 0.0942. The van der Waals surface area contributed by atoms with Gasteiger partial charge in [-0.15, -0.1) is 0 Å². The molecule has 5 heteroatoms. The second-order valence-electron chi connectivity index (χ2n) is 5.09. The van der Waals surface area contributed by atoms with E-state index < -0.39 is 0 Å². The Bertz CT molecular complexity index is 449. The minimum absolute atomic E-state index is 0.0444. The Morgan fingerprint density at radius 3 is 3.10 bits per heavy atom. The molecule has 1 fully saturated rings. The summed E-state index contributed by atoms with van der Waals surface area (Å²) >= 11 is 0. The van der Waals surface area contributed by atoms with Crippen LogP contribution in [0.25, 0.3) is 0 Å². The van der Waals surface area contributed by atoms with Crippen molar-refractivity contribution >= 4 is 11.6 Å². The van der Waals surface area contributed by atoms with Gasteiger partial charge < -0.3 is 10.6 Å². The van der Waals surface area contributed by atoms with E-state index in [4.69, 9.17) is 0 Å². The average Bonchev–Trinajstić information content (AvgIpc) is 2.93. The Labute approximate surface area is 120 Å². The summed E-state index contributed by atoms with van der Waals surface area (Å²) in [6.45, 7) is 7.89. The molecule has 2 heterocycles. The van der Waals surface area contributed by atoms with E-state index in [9.17, 15) is 4.79 Å². The lowest BCUT2D eigenvalue weighted by Crippen LogP contribution is -2.40. The predicted octanol–water partition coefficient (Wildman–Crippen LogP) is 1.73. The number of nitrogens with zero attached hydrogens (tertiary/aromatic N) is 2. The molecule has 1 atom stereocenters. The molecule has 2 rings (SSSR count). The fourth-order valence-corrected chi connectivity index (χ4v) is 2.77. The van der Waals surface area contributed by atoms with Crippen LogP contribution in [-0.4, -0.2) is 48.0 Å². The molecule has 0 spiro atoms. The number of nitrogens with one attached hydrogen (secondary N) is 2. The van der Waals surface area contributed by atoms with Gasteiger partial charge >= 0.3 is 0 Å². The summed E-state index contributed by atoms with van der Waals surface area (Å²) in [5.41, 5.74) is 1.47. The fourth-order valence-electron chi connectivity index (χ4n) is 2.77. The van der Waals surface area contributed by atoms with E-state index in [1.165, 1.54) is 12.8 Å². The third-order valence-corrected chi connectivity index (χ3v) is 3.84. The van der Waals surface area contributed by atoms with Crippen molar-refractivity contribution in [3.63, 3.8) is 0 Å². The van der Waals surface area contributed by atoms with E-state index in [1.807, 2.05) is 13.0 Å². The largest absolute Gasteiger partial charge is 0.385 e. The molecule has 20 heavy (non-hydrogen) atoms. The summed E-state index contributed by atoms with van der Waals surface area (Å²) < 4.78 is 0. The maximum Gasteiger partial charge on any atom is 0.255 e. The molecule has 1 aliphatic rings. The first-order valence-electron chi connectivity index (χ1n) is 7.46. The molecule has 1 aromatic heterocycles. The Morgan fingerprint density at radius 2 is 2.35 bits per heavy atom. The number of hydrogen-bond donors (Lipinski definition) is 2. The molecule has 0 aliphatic carbocycles. The van der Waals surface area contributed by atoms with Crippen LogP contribution >= 0.6 is 0 Å². The van der Waals surface area contributed by atoms with Crippen molar-refractivity contribution in [2.24, 2.45) is 0 Å². The second kappa shape index (κ2) is 7.24. The van der Waals surface area contributed by atoms with Crippen LogP contribution < -0.4 is 10.6 Å². The van der Waals surface area contributed by atoms with Gasteiger partial charge in [0.1, 0.15) is 0 Å². The zero-order chi connectivity index (χ0) is 14.4. The van der Waals surface area contributed by atoms with Crippen LogP contribution in [0.3, 0.4) is 0 Å². The summed E-state index contributed by atoms with van der Waals surface area (Å²) in [7, 11) is 0. The van der Waals surface area contributed by atoms with Crippen LogP contribution in [0.15, 0.2) is 18.5 Å². The first-order valence-corrected chi connectivity index (χ1v) is 7.46. The van der Waals surface area contributed by atoms with Gasteiger partial charge in [-0.2, -0.15) is 0 Å². The maximum absolute atomic E-state index is 12.3. The topological polar surface area (TPSA) is 57.3 Å². The summed E-state index contributed by atoms with van der Waals surface area (Å²) in [4.78, 5) is 18.8. The molecule has 0 saturated carbocycles. The number of hydrogen-bond acceptors (Lipinski definition) is 4. The normalized spacial score (nSPS) is 19.0. The van der Waals surface area contributed by atoms with E-state index in [0.717, 1.165) is 25.3 Å². The van der Waals surface area contributed by atoms with Crippen LogP contribution in [0.5, 0.6) is 0 Å². The Hall–Kier alpha value is -1.62. The first-order chi connectivity index (χ1) is 9.76. The molecular weight excluding hydrogens is 252 g/mol. The number of amides is 1. The highest BCUT2D eigenvalue weighted by Gasteiger charge is 2.23. The van der Waals surface area contributed by atoms with Gasteiger partial charge in [0.25, 0.3) is 5.91 Å². The minimum atomic E-state index is -0.0444. The zero-order valence-corrected chi connectivity index (χ0v) is 12.4. The quantitative estimate of drug-likeness (QED) is 0.831. The van der Waals surface area contributed by atoms with E-state index in [-0.39, 0.29) is 5.91 Å². The predicted molar refractivity (Wildman–Crippen MR) is 81.0 cm³/mol. The molecular formula is C15H24N4O. The van der Waals surface area contributed by atoms with Crippen molar-refractivity contribution in [2.45, 2.75) is 32.7 Å². The molecule has 1 aliphatic heterocycles. The lowest BCUT2D eigenvalue weighted by atomic mass is 10.2. The van der Waals surface area contributed by atoms with Crippen molar-refractivity contribution in [3.8, 4) is 0 Å². The number of likely N-dealkylation sites (N-methyl/N-ethyl adjacent to an activating group) is 1. The van der Waals surface area contributed by atoms with Crippen LogP contribution in [0, 0.1) is 0 Å². The van der Waals surface area contributed by atoms with Crippen molar-refractivity contribution < 1.29 is 4.79 Å². The molecule has 2 N–H and O–H groups in total. The lowest BCUT2D eigenvalue weighted by Gasteiger charge is -2.23. The molecule has 0 radical (unpaired) electrons. The van der Waals surface area contributed by atoms with Gasteiger partial charge in [0.15, 0.2) is 0 Å². The molecule has 5 nitrogen and oxygen atoms in total. The van der Waals surface area contributed by atoms with Crippen LogP contribution in [0.2, 0.25) is 0 Å². The van der Waals surface area contributed by atoms with Gasteiger partial charge in [-0.1, -0.05) is 6.92 Å². The third kappa shape index (κ3) is 3.48. The van der Waals surface area contributed by atoms with Gasteiger partial charge in [0.2, 0.25) is 0 Å². The van der Waals surface area contributed by atoms with Gasteiger partial charge in [-0.3, -0.25) is 14.7 Å². The molecule has 0 bridgehead atoms. The Balaban J connectivity index is 1.95. The van der Waals surface area contributed by atoms with Gasteiger partial charge in [0, 0.05) is 31.5 Å². The average molecular weight is 276 g/mol. The number of pyridine rings is 1. The SMILES string of the molecule is CCNc1ccncc1C(=O)NCC1CCCN1CC. The number of carbonyl (C=O) groups is 1. The highest BCUT2D eigenvalue weighted by molar-refractivity contribution is 5.99. The van der Waals surface area contributed by atoms with Crippen molar-refractivity contribution in [1.82, 2.24) is 15.2 Å². The minimum Gasteiger partial charge on any atom is -0.385 e. The Morgan fingerprint density at radius 1 is 1.50 bits per heavy atom. The molecule has 1 aromatic rings. The van der Waals surface area contributed by atoms with Crippen molar-refractivity contribution in [3.05, 3.63) is 24.0 Å². The number of likely N-dealkylation sites (tertiary alicyclic amines) is 1. The molecule has 0 aromatic carbocycles. The van der Waals surface area contributed by atoms with Gasteiger partial charge in [-0.25, -0.2) is 0 Å². The fraction of sp³-hybridized carbons (Fsp3) is 0.600. The number of anilines is 1. The van der Waals surface area contributed by atoms with Crippen molar-refractivity contribution in [2.75, 3.05) is 31.5 Å². The zero-order valence-electron chi connectivity index (χ0n) is 12.4. The number of carbonyl (C=O) groups excluding carboxylic acids is 1. The second-order valence-corrected chi connectivity index (χ2v) is 5.09. The number of aromatic nitrogens is 1. The van der Waals surface area contributed by atoms with Gasteiger partial charge in [-0.05, 0) is 38.9 Å². The van der Waals surface area contributed by atoms with E-state index in [0.29, 0.717) is 18.2 Å².